The zero-order valence-corrected chi connectivity index (χ0v) is 23.5. The maximum absolute atomic E-state index is 13.2. The Hall–Kier alpha value is -3.01. The molecule has 1 atom stereocenters. The first kappa shape index (κ1) is 28.6. The van der Waals surface area contributed by atoms with Crippen LogP contribution in [0.1, 0.15) is 52.6 Å². The average molecular weight is 568 g/mol. The van der Waals surface area contributed by atoms with Gasteiger partial charge in [-0.1, -0.05) is 29.3 Å². The van der Waals surface area contributed by atoms with Gasteiger partial charge in [0.1, 0.15) is 26.6 Å². The number of esters is 1. The number of carbonyl (C=O) groups is 2. The lowest BCUT2D eigenvalue weighted by Gasteiger charge is -2.20. The summed E-state index contributed by atoms with van der Waals surface area (Å²) in [5.74, 6) is 0.511. The molecule has 0 fully saturated rings. The largest absolute Gasteiger partial charge is 0.493 e. The van der Waals surface area contributed by atoms with Gasteiger partial charge in [-0.3, -0.25) is 0 Å². The Morgan fingerprint density at radius 1 is 1.03 bits per heavy atom. The number of ether oxygens (including phenoxy) is 4. The van der Waals surface area contributed by atoms with Gasteiger partial charge in [0.15, 0.2) is 23.9 Å². The van der Waals surface area contributed by atoms with E-state index in [9.17, 15) is 9.59 Å². The number of halogens is 2. The summed E-state index contributed by atoms with van der Waals surface area (Å²) in [6, 6.07) is 8.69. The van der Waals surface area contributed by atoms with Gasteiger partial charge >= 0.3 is 12.1 Å². The molecule has 11 heteroatoms. The number of aromatic amines is 1. The quantitative estimate of drug-likeness (QED) is 0.316. The first-order valence-corrected chi connectivity index (χ1v) is 12.9. The number of hydrogen-bond donors (Lipinski definition) is 1. The number of alkyl carbamates (subject to hydrolysis) is 1. The van der Waals surface area contributed by atoms with Crippen LogP contribution in [-0.4, -0.2) is 31.9 Å². The SMILES string of the molecule is COc1ccc([C@H](Cc2c(Cl)c[nH+]cc2Cl)OC(=O)c2ccc(CNC(=O)OC(C)(C)C)s2)cc1OC. The summed E-state index contributed by atoms with van der Waals surface area (Å²) in [5, 5.41) is 3.52. The number of benzene rings is 1. The predicted octanol–water partition coefficient (Wildman–Crippen LogP) is 6.05. The molecule has 0 unspecified atom stereocenters. The van der Waals surface area contributed by atoms with Crippen molar-refractivity contribution in [3.8, 4) is 11.5 Å². The molecule has 0 aliphatic carbocycles. The van der Waals surface area contributed by atoms with Crippen LogP contribution in [0.5, 0.6) is 11.5 Å². The fourth-order valence-corrected chi connectivity index (χ4v) is 4.74. The van der Waals surface area contributed by atoms with Crippen LogP contribution >= 0.6 is 34.5 Å². The van der Waals surface area contributed by atoms with Crippen molar-refractivity contribution in [1.82, 2.24) is 5.32 Å². The number of methoxy groups -OCH3 is 2. The Labute approximate surface area is 229 Å². The van der Waals surface area contributed by atoms with Crippen LogP contribution in [0.25, 0.3) is 0 Å². The van der Waals surface area contributed by atoms with Gasteiger partial charge in [0.05, 0.1) is 20.8 Å². The van der Waals surface area contributed by atoms with E-state index in [2.05, 4.69) is 10.3 Å². The molecule has 2 N–H and O–H groups in total. The number of hydrogen-bond acceptors (Lipinski definition) is 7. The lowest BCUT2D eigenvalue weighted by Crippen LogP contribution is -2.31. The van der Waals surface area contributed by atoms with Gasteiger partial charge in [-0.15, -0.1) is 11.3 Å². The third kappa shape index (κ3) is 7.99. The Morgan fingerprint density at radius 2 is 1.70 bits per heavy atom. The van der Waals surface area contributed by atoms with Crippen molar-refractivity contribution < 1.29 is 33.5 Å². The normalized spacial score (nSPS) is 12.0. The molecule has 0 aliphatic rings. The standard InChI is InChI=1S/C26H28Cl2N2O6S/c1-26(2,3)36-25(32)30-12-16-7-9-23(37-16)24(31)35-21(11-17-18(27)13-29-14-19(17)28)15-6-8-20(33-4)22(10-15)34-5/h6-10,13-14,21H,11-12H2,1-5H3,(H,30,32)/p+1/t21-/m0/s1. The van der Waals surface area contributed by atoms with E-state index in [1.165, 1.54) is 18.4 Å². The Balaban J connectivity index is 1.81. The fraction of sp³-hybridized carbons (Fsp3) is 0.346. The molecule has 0 saturated carbocycles. The van der Waals surface area contributed by atoms with Crippen molar-refractivity contribution in [1.29, 1.82) is 0 Å². The Morgan fingerprint density at radius 3 is 2.32 bits per heavy atom. The van der Waals surface area contributed by atoms with E-state index in [1.54, 1.807) is 70.6 Å². The number of pyridine rings is 1. The number of rotatable bonds is 9. The van der Waals surface area contributed by atoms with E-state index in [1.807, 2.05) is 0 Å². The van der Waals surface area contributed by atoms with Crippen molar-refractivity contribution in [2.24, 2.45) is 0 Å². The number of thiophene rings is 1. The summed E-state index contributed by atoms with van der Waals surface area (Å²) in [6.07, 6.45) is 2.19. The maximum Gasteiger partial charge on any atom is 0.407 e. The molecule has 198 valence electrons. The molecular weight excluding hydrogens is 539 g/mol. The van der Waals surface area contributed by atoms with Crippen LogP contribution in [0.3, 0.4) is 0 Å². The van der Waals surface area contributed by atoms with E-state index >= 15 is 0 Å². The summed E-state index contributed by atoms with van der Waals surface area (Å²) >= 11 is 14.0. The van der Waals surface area contributed by atoms with Crippen molar-refractivity contribution in [3.05, 3.63) is 73.7 Å². The van der Waals surface area contributed by atoms with E-state index in [-0.39, 0.29) is 13.0 Å². The molecule has 2 heterocycles. The first-order valence-electron chi connectivity index (χ1n) is 11.3. The van der Waals surface area contributed by atoms with Crippen molar-refractivity contribution in [3.63, 3.8) is 0 Å². The average Bonchev–Trinajstić information content (AvgIpc) is 3.32. The minimum absolute atomic E-state index is 0.220. The molecule has 1 aromatic carbocycles. The van der Waals surface area contributed by atoms with Crippen molar-refractivity contribution in [2.45, 2.75) is 45.4 Å². The molecule has 2 aromatic heterocycles. The zero-order valence-electron chi connectivity index (χ0n) is 21.1. The summed E-state index contributed by atoms with van der Waals surface area (Å²) in [7, 11) is 3.07. The molecule has 8 nitrogen and oxygen atoms in total. The number of H-pyrrole nitrogens is 1. The highest BCUT2D eigenvalue weighted by atomic mass is 35.5. The van der Waals surface area contributed by atoms with E-state index in [0.717, 1.165) is 4.88 Å². The lowest BCUT2D eigenvalue weighted by molar-refractivity contribution is -0.377. The van der Waals surface area contributed by atoms with Gasteiger partial charge in [0, 0.05) is 16.9 Å². The zero-order chi connectivity index (χ0) is 27.2. The molecule has 0 radical (unpaired) electrons. The highest BCUT2D eigenvalue weighted by molar-refractivity contribution is 7.13. The molecule has 37 heavy (non-hydrogen) atoms. The van der Waals surface area contributed by atoms with Crippen LogP contribution in [-0.2, 0) is 22.4 Å². The molecule has 1 amide bonds. The minimum atomic E-state index is -0.727. The number of nitrogens with one attached hydrogen (secondary N) is 2. The monoisotopic (exact) mass is 567 g/mol. The summed E-state index contributed by atoms with van der Waals surface area (Å²) in [5.41, 5.74) is 0.702. The van der Waals surface area contributed by atoms with Gasteiger partial charge in [0.2, 0.25) is 0 Å². The van der Waals surface area contributed by atoms with Crippen LogP contribution in [0, 0.1) is 0 Å². The topological polar surface area (TPSA) is 97.2 Å². The molecule has 3 aromatic rings. The summed E-state index contributed by atoms with van der Waals surface area (Å²) in [4.78, 5) is 29.1. The molecule has 0 saturated heterocycles. The molecule has 0 aliphatic heterocycles. The second-order valence-electron chi connectivity index (χ2n) is 8.96. The van der Waals surface area contributed by atoms with Gasteiger partial charge in [-0.05, 0) is 50.6 Å². The minimum Gasteiger partial charge on any atom is -0.493 e. The number of aromatic nitrogens is 1. The fourth-order valence-electron chi connectivity index (χ4n) is 3.38. The molecule has 0 bridgehead atoms. The van der Waals surface area contributed by atoms with Crippen LogP contribution < -0.4 is 19.8 Å². The first-order chi connectivity index (χ1) is 17.5. The summed E-state index contributed by atoms with van der Waals surface area (Å²) < 4.78 is 22.0. The maximum atomic E-state index is 13.2. The highest BCUT2D eigenvalue weighted by Gasteiger charge is 2.25. The van der Waals surface area contributed by atoms with Gasteiger partial charge in [-0.25, -0.2) is 14.6 Å². The van der Waals surface area contributed by atoms with Crippen LogP contribution in [0.15, 0.2) is 42.7 Å². The number of carbonyl (C=O) groups excluding carboxylic acids is 2. The van der Waals surface area contributed by atoms with Crippen molar-refractivity contribution >= 4 is 46.6 Å². The Bertz CT molecular complexity index is 1240. The van der Waals surface area contributed by atoms with Gasteiger partial charge in [0.25, 0.3) is 0 Å². The third-order valence-electron chi connectivity index (χ3n) is 5.08. The Kier molecular flexibility index (Phi) is 9.64. The molecule has 3 rings (SSSR count). The molecule has 0 spiro atoms. The number of amides is 1. The smallest absolute Gasteiger partial charge is 0.407 e. The second-order valence-corrected chi connectivity index (χ2v) is 10.9. The van der Waals surface area contributed by atoms with Crippen LogP contribution in [0.2, 0.25) is 10.0 Å². The van der Waals surface area contributed by atoms with E-state index in [4.69, 9.17) is 42.1 Å². The lowest BCUT2D eigenvalue weighted by atomic mass is 10.0. The van der Waals surface area contributed by atoms with Crippen molar-refractivity contribution in [2.75, 3.05) is 14.2 Å². The predicted molar refractivity (Wildman–Crippen MR) is 142 cm³/mol. The third-order valence-corrected chi connectivity index (χ3v) is 6.82. The van der Waals surface area contributed by atoms with E-state index in [0.29, 0.717) is 37.5 Å². The molecular formula is C26H29Cl2N2O6S+. The van der Waals surface area contributed by atoms with Crippen LogP contribution in [0.4, 0.5) is 4.79 Å². The van der Waals surface area contributed by atoms with Gasteiger partial charge in [-0.2, -0.15) is 0 Å². The second kappa shape index (κ2) is 12.5. The van der Waals surface area contributed by atoms with Gasteiger partial charge < -0.3 is 24.3 Å². The van der Waals surface area contributed by atoms with E-state index < -0.39 is 23.8 Å². The summed E-state index contributed by atoms with van der Waals surface area (Å²) in [6.45, 7) is 5.58. The highest BCUT2D eigenvalue weighted by Crippen LogP contribution is 2.35.